The first-order valence-electron chi connectivity index (χ1n) is 7.61. The van der Waals surface area contributed by atoms with Crippen LogP contribution in [-0.2, 0) is 17.9 Å². The van der Waals surface area contributed by atoms with E-state index in [1.807, 2.05) is 13.1 Å². The quantitative estimate of drug-likeness (QED) is 0.796. The van der Waals surface area contributed by atoms with E-state index in [9.17, 15) is 4.79 Å². The van der Waals surface area contributed by atoms with Crippen molar-refractivity contribution in [3.8, 4) is 0 Å². The van der Waals surface area contributed by atoms with Gasteiger partial charge in [0.2, 0.25) is 5.91 Å². The third-order valence-corrected chi connectivity index (χ3v) is 4.50. The molecule has 4 nitrogen and oxygen atoms in total. The third kappa shape index (κ3) is 4.63. The van der Waals surface area contributed by atoms with Gasteiger partial charge in [-0.15, -0.1) is 11.8 Å². The van der Waals surface area contributed by atoms with Crippen molar-refractivity contribution in [3.63, 3.8) is 0 Å². The van der Waals surface area contributed by atoms with E-state index in [2.05, 4.69) is 53.0 Å². The molecule has 1 heterocycles. The molecule has 0 fully saturated rings. The van der Waals surface area contributed by atoms with Gasteiger partial charge >= 0.3 is 0 Å². The summed E-state index contributed by atoms with van der Waals surface area (Å²) in [5, 5.41) is 2.84. The number of thioether (sulfide) groups is 1. The van der Waals surface area contributed by atoms with E-state index >= 15 is 0 Å². The molecular weight excluding hydrogens is 294 g/mol. The summed E-state index contributed by atoms with van der Waals surface area (Å²) < 4.78 is 2.08. The van der Waals surface area contributed by atoms with Gasteiger partial charge in [0, 0.05) is 23.8 Å². The second-order valence-electron chi connectivity index (χ2n) is 5.33. The molecule has 1 atom stereocenters. The normalized spacial score (nSPS) is 12.1. The van der Waals surface area contributed by atoms with E-state index in [1.54, 1.807) is 18.0 Å². The maximum absolute atomic E-state index is 12.2. The number of hydrogen-bond acceptors (Lipinski definition) is 3. The summed E-state index contributed by atoms with van der Waals surface area (Å²) in [5.74, 6) is 0.944. The van der Waals surface area contributed by atoms with Crippen LogP contribution in [0.3, 0.4) is 0 Å². The highest BCUT2D eigenvalue weighted by Gasteiger charge is 2.14. The van der Waals surface area contributed by atoms with Gasteiger partial charge in [0.15, 0.2) is 0 Å². The fourth-order valence-electron chi connectivity index (χ4n) is 2.14. The predicted octanol–water partition coefficient (Wildman–Crippen LogP) is 3.40. The van der Waals surface area contributed by atoms with Crippen molar-refractivity contribution in [1.29, 1.82) is 0 Å². The van der Waals surface area contributed by atoms with Crippen LogP contribution in [0.15, 0.2) is 41.6 Å². The van der Waals surface area contributed by atoms with Crippen molar-refractivity contribution in [2.24, 2.45) is 0 Å². The summed E-state index contributed by atoms with van der Waals surface area (Å²) in [6.45, 7) is 7.52. The Kier molecular flexibility index (Phi) is 6.07. The molecule has 0 saturated heterocycles. The van der Waals surface area contributed by atoms with E-state index in [0.29, 0.717) is 6.54 Å². The predicted molar refractivity (Wildman–Crippen MR) is 90.9 cm³/mol. The largest absolute Gasteiger partial charge is 0.348 e. The van der Waals surface area contributed by atoms with Gasteiger partial charge in [-0.3, -0.25) is 4.79 Å². The molecule has 2 aromatic rings. The van der Waals surface area contributed by atoms with Crippen LogP contribution in [0, 0.1) is 6.92 Å². The maximum Gasteiger partial charge on any atom is 0.233 e. The topological polar surface area (TPSA) is 46.9 Å². The van der Waals surface area contributed by atoms with E-state index < -0.39 is 0 Å². The fourth-order valence-corrected chi connectivity index (χ4v) is 3.03. The lowest BCUT2D eigenvalue weighted by atomic mass is 10.2. The third-order valence-electron chi connectivity index (χ3n) is 3.39. The van der Waals surface area contributed by atoms with Crippen LogP contribution >= 0.6 is 11.8 Å². The zero-order chi connectivity index (χ0) is 15.9. The van der Waals surface area contributed by atoms with Crippen molar-refractivity contribution in [2.45, 2.75) is 50.4 Å². The van der Waals surface area contributed by atoms with Gasteiger partial charge in [-0.2, -0.15) is 0 Å². The Bertz CT molecular complexity index is 607. The van der Waals surface area contributed by atoms with Crippen molar-refractivity contribution in [3.05, 3.63) is 48.0 Å². The van der Waals surface area contributed by atoms with Gasteiger partial charge < -0.3 is 9.88 Å². The summed E-state index contributed by atoms with van der Waals surface area (Å²) in [6, 6.07) is 8.23. The number of aromatic nitrogens is 2. The standard InChI is InChI=1S/C17H23N3OS/c1-4-10-20-11-9-18-16(20)12-19-17(21)14(3)22-15-7-5-13(2)6-8-15/h5-9,11,14H,4,10,12H2,1-3H3,(H,19,21). The Hall–Kier alpha value is -1.75. The van der Waals surface area contributed by atoms with Crippen LogP contribution in [0.5, 0.6) is 0 Å². The Labute approximate surface area is 136 Å². The molecule has 2 rings (SSSR count). The first-order chi connectivity index (χ1) is 10.6. The highest BCUT2D eigenvalue weighted by Crippen LogP contribution is 2.23. The smallest absolute Gasteiger partial charge is 0.233 e. The van der Waals surface area contributed by atoms with Gasteiger partial charge in [-0.25, -0.2) is 4.98 Å². The number of benzene rings is 1. The van der Waals surface area contributed by atoms with E-state index in [1.165, 1.54) is 5.56 Å². The van der Waals surface area contributed by atoms with Crippen LogP contribution in [0.2, 0.25) is 0 Å². The number of aryl methyl sites for hydroxylation is 2. The molecule has 1 aromatic heterocycles. The van der Waals surface area contributed by atoms with E-state index in [-0.39, 0.29) is 11.2 Å². The van der Waals surface area contributed by atoms with Gasteiger partial charge in [0.25, 0.3) is 0 Å². The molecule has 118 valence electrons. The van der Waals surface area contributed by atoms with Crippen LogP contribution in [0.25, 0.3) is 0 Å². The lowest BCUT2D eigenvalue weighted by Gasteiger charge is -2.13. The highest BCUT2D eigenvalue weighted by molar-refractivity contribution is 8.00. The minimum atomic E-state index is -0.128. The number of nitrogens with one attached hydrogen (secondary N) is 1. The van der Waals surface area contributed by atoms with Gasteiger partial charge in [-0.05, 0) is 32.4 Å². The number of nitrogens with zero attached hydrogens (tertiary/aromatic N) is 2. The number of imidazole rings is 1. The van der Waals surface area contributed by atoms with Crippen molar-refractivity contribution in [1.82, 2.24) is 14.9 Å². The van der Waals surface area contributed by atoms with Crippen LogP contribution in [0.1, 0.15) is 31.7 Å². The number of carbonyl (C=O) groups is 1. The molecule has 22 heavy (non-hydrogen) atoms. The lowest BCUT2D eigenvalue weighted by Crippen LogP contribution is -2.31. The fraction of sp³-hybridized carbons (Fsp3) is 0.412. The Morgan fingerprint density at radius 1 is 1.36 bits per heavy atom. The van der Waals surface area contributed by atoms with E-state index in [0.717, 1.165) is 23.7 Å². The molecule has 1 aromatic carbocycles. The molecule has 1 N–H and O–H groups in total. The monoisotopic (exact) mass is 317 g/mol. The first-order valence-corrected chi connectivity index (χ1v) is 8.49. The minimum Gasteiger partial charge on any atom is -0.348 e. The molecule has 0 spiro atoms. The number of hydrogen-bond donors (Lipinski definition) is 1. The number of carbonyl (C=O) groups excluding carboxylic acids is 1. The summed E-state index contributed by atoms with van der Waals surface area (Å²) >= 11 is 1.57. The Morgan fingerprint density at radius 3 is 2.77 bits per heavy atom. The van der Waals surface area contributed by atoms with Gasteiger partial charge in [0.1, 0.15) is 5.82 Å². The summed E-state index contributed by atoms with van der Waals surface area (Å²) in [7, 11) is 0. The minimum absolute atomic E-state index is 0.0385. The summed E-state index contributed by atoms with van der Waals surface area (Å²) in [6.07, 6.45) is 4.79. The average Bonchev–Trinajstić information content (AvgIpc) is 2.95. The summed E-state index contributed by atoms with van der Waals surface area (Å²) in [5.41, 5.74) is 1.23. The molecule has 0 aliphatic heterocycles. The Morgan fingerprint density at radius 2 is 2.09 bits per heavy atom. The van der Waals surface area contributed by atoms with Crippen molar-refractivity contribution < 1.29 is 4.79 Å². The molecular formula is C17H23N3OS. The summed E-state index contributed by atoms with van der Waals surface area (Å²) in [4.78, 5) is 17.6. The Balaban J connectivity index is 1.86. The first kappa shape index (κ1) is 16.6. The van der Waals surface area contributed by atoms with Crippen molar-refractivity contribution >= 4 is 17.7 Å². The highest BCUT2D eigenvalue weighted by atomic mass is 32.2. The second-order valence-corrected chi connectivity index (χ2v) is 6.74. The van der Waals surface area contributed by atoms with E-state index in [4.69, 9.17) is 0 Å². The number of rotatable bonds is 7. The molecule has 1 unspecified atom stereocenters. The zero-order valence-corrected chi connectivity index (χ0v) is 14.2. The molecule has 0 aliphatic rings. The molecule has 5 heteroatoms. The SMILES string of the molecule is CCCn1ccnc1CNC(=O)C(C)Sc1ccc(C)cc1. The van der Waals surface area contributed by atoms with Crippen molar-refractivity contribution in [2.75, 3.05) is 0 Å². The zero-order valence-electron chi connectivity index (χ0n) is 13.4. The molecule has 0 aliphatic carbocycles. The number of amides is 1. The molecule has 0 saturated carbocycles. The molecule has 0 bridgehead atoms. The van der Waals surface area contributed by atoms with Gasteiger partial charge in [0.05, 0.1) is 11.8 Å². The van der Waals surface area contributed by atoms with Gasteiger partial charge in [-0.1, -0.05) is 24.6 Å². The lowest BCUT2D eigenvalue weighted by molar-refractivity contribution is -0.120. The van der Waals surface area contributed by atoms with Crippen LogP contribution in [-0.4, -0.2) is 20.7 Å². The molecule has 0 radical (unpaired) electrons. The van der Waals surface area contributed by atoms with Crippen LogP contribution in [0.4, 0.5) is 0 Å². The maximum atomic E-state index is 12.2. The second kappa shape index (κ2) is 8.03. The molecule has 1 amide bonds. The average molecular weight is 317 g/mol. The van der Waals surface area contributed by atoms with Crippen LogP contribution < -0.4 is 5.32 Å².